The monoisotopic (exact) mass is 235 g/mol. The SMILES string of the molecule is C=C/C=C\C(=C)CCCN(CCC)CCCC. The van der Waals surface area contributed by atoms with Gasteiger partial charge in [0.05, 0.1) is 0 Å². The van der Waals surface area contributed by atoms with Crippen LogP contribution in [-0.4, -0.2) is 24.5 Å². The van der Waals surface area contributed by atoms with E-state index >= 15 is 0 Å². The maximum absolute atomic E-state index is 4.04. The molecular formula is C16H29N. The van der Waals surface area contributed by atoms with E-state index in [-0.39, 0.29) is 0 Å². The Morgan fingerprint density at radius 3 is 2.35 bits per heavy atom. The van der Waals surface area contributed by atoms with E-state index in [9.17, 15) is 0 Å². The largest absolute Gasteiger partial charge is 0.303 e. The lowest BCUT2D eigenvalue weighted by Gasteiger charge is -2.21. The molecule has 0 unspecified atom stereocenters. The van der Waals surface area contributed by atoms with Crippen molar-refractivity contribution in [2.45, 2.75) is 46.0 Å². The van der Waals surface area contributed by atoms with E-state index in [1.54, 1.807) is 6.08 Å². The molecule has 1 heteroatoms. The van der Waals surface area contributed by atoms with Gasteiger partial charge in [0.15, 0.2) is 0 Å². The lowest BCUT2D eigenvalue weighted by Crippen LogP contribution is -2.26. The second kappa shape index (κ2) is 11.7. The van der Waals surface area contributed by atoms with E-state index in [0.717, 1.165) is 6.42 Å². The third-order valence-electron chi connectivity index (χ3n) is 2.81. The summed E-state index contributed by atoms with van der Waals surface area (Å²) in [4.78, 5) is 2.58. The van der Waals surface area contributed by atoms with Gasteiger partial charge in [-0.2, -0.15) is 0 Å². The lowest BCUT2D eigenvalue weighted by atomic mass is 10.1. The molecule has 0 aromatic heterocycles. The highest BCUT2D eigenvalue weighted by Gasteiger charge is 2.02. The zero-order chi connectivity index (χ0) is 12.9. The molecule has 0 amide bonds. The minimum Gasteiger partial charge on any atom is -0.303 e. The van der Waals surface area contributed by atoms with Gasteiger partial charge in [-0.1, -0.05) is 57.2 Å². The van der Waals surface area contributed by atoms with E-state index in [4.69, 9.17) is 0 Å². The summed E-state index contributed by atoms with van der Waals surface area (Å²) in [6, 6.07) is 0. The van der Waals surface area contributed by atoms with Crippen molar-refractivity contribution in [1.29, 1.82) is 0 Å². The summed E-state index contributed by atoms with van der Waals surface area (Å²) in [6.07, 6.45) is 12.0. The molecule has 0 saturated heterocycles. The topological polar surface area (TPSA) is 3.24 Å². The van der Waals surface area contributed by atoms with Gasteiger partial charge in [0.25, 0.3) is 0 Å². The van der Waals surface area contributed by atoms with Gasteiger partial charge in [-0.3, -0.25) is 0 Å². The molecule has 0 spiro atoms. The third-order valence-corrected chi connectivity index (χ3v) is 2.81. The van der Waals surface area contributed by atoms with E-state index in [0.29, 0.717) is 0 Å². The molecule has 0 fully saturated rings. The van der Waals surface area contributed by atoms with Crippen LogP contribution in [0.3, 0.4) is 0 Å². The quantitative estimate of drug-likeness (QED) is 0.474. The van der Waals surface area contributed by atoms with Crippen LogP contribution in [0, 0.1) is 0 Å². The molecule has 0 aromatic carbocycles. The zero-order valence-corrected chi connectivity index (χ0v) is 11.8. The molecular weight excluding hydrogens is 206 g/mol. The molecule has 0 saturated carbocycles. The van der Waals surface area contributed by atoms with Crippen LogP contribution in [0.25, 0.3) is 0 Å². The third kappa shape index (κ3) is 10.1. The van der Waals surface area contributed by atoms with Crippen LogP contribution >= 0.6 is 0 Å². The van der Waals surface area contributed by atoms with Crippen LogP contribution in [0.15, 0.2) is 37.0 Å². The first-order valence-corrected chi connectivity index (χ1v) is 6.93. The highest BCUT2D eigenvalue weighted by molar-refractivity contribution is 5.17. The van der Waals surface area contributed by atoms with Crippen molar-refractivity contribution >= 4 is 0 Å². The fraction of sp³-hybridized carbons (Fsp3) is 0.625. The molecule has 0 aliphatic rings. The van der Waals surface area contributed by atoms with Crippen molar-refractivity contribution in [2.24, 2.45) is 0 Å². The number of hydrogen-bond acceptors (Lipinski definition) is 1. The van der Waals surface area contributed by atoms with Crippen molar-refractivity contribution in [1.82, 2.24) is 4.90 Å². The second-order valence-corrected chi connectivity index (χ2v) is 4.55. The van der Waals surface area contributed by atoms with Crippen molar-refractivity contribution in [3.63, 3.8) is 0 Å². The fourth-order valence-corrected chi connectivity index (χ4v) is 1.85. The van der Waals surface area contributed by atoms with Crippen molar-refractivity contribution in [3.05, 3.63) is 37.0 Å². The van der Waals surface area contributed by atoms with Crippen LogP contribution < -0.4 is 0 Å². The molecule has 0 radical (unpaired) electrons. The summed E-state index contributed by atoms with van der Waals surface area (Å²) in [5.41, 5.74) is 1.21. The van der Waals surface area contributed by atoms with Crippen LogP contribution in [0.4, 0.5) is 0 Å². The highest BCUT2D eigenvalue weighted by Crippen LogP contribution is 2.06. The summed E-state index contributed by atoms with van der Waals surface area (Å²) in [6.45, 7) is 15.9. The first-order valence-electron chi connectivity index (χ1n) is 6.93. The van der Waals surface area contributed by atoms with Gasteiger partial charge >= 0.3 is 0 Å². The summed E-state index contributed by atoms with van der Waals surface area (Å²) in [5, 5.41) is 0. The number of rotatable bonds is 11. The molecule has 0 bridgehead atoms. The summed E-state index contributed by atoms with van der Waals surface area (Å²) in [7, 11) is 0. The Bertz CT molecular complexity index is 228. The molecule has 1 nitrogen and oxygen atoms in total. The Morgan fingerprint density at radius 2 is 1.76 bits per heavy atom. The molecule has 0 atom stereocenters. The van der Waals surface area contributed by atoms with Gasteiger partial charge in [0, 0.05) is 0 Å². The van der Waals surface area contributed by atoms with Gasteiger partial charge in [-0.25, -0.2) is 0 Å². The van der Waals surface area contributed by atoms with Crippen LogP contribution in [0.2, 0.25) is 0 Å². The Morgan fingerprint density at radius 1 is 1.06 bits per heavy atom. The number of allylic oxidation sites excluding steroid dienone is 4. The minimum atomic E-state index is 1.09. The van der Waals surface area contributed by atoms with E-state index in [1.165, 1.54) is 50.9 Å². The second-order valence-electron chi connectivity index (χ2n) is 4.55. The molecule has 0 rings (SSSR count). The highest BCUT2D eigenvalue weighted by atomic mass is 15.1. The predicted molar refractivity (Wildman–Crippen MR) is 79.4 cm³/mol. The smallest absolute Gasteiger partial charge is 0.00156 e. The van der Waals surface area contributed by atoms with Gasteiger partial charge in [0.1, 0.15) is 0 Å². The molecule has 98 valence electrons. The predicted octanol–water partition coefficient (Wildman–Crippen LogP) is 4.58. The standard InChI is InChI=1S/C16H29N/c1-5-8-11-16(4)12-10-15-17(13-7-3)14-9-6-2/h5,8,11H,1,4,6-7,9-10,12-15H2,2-3H3/b11-8-. The first-order chi connectivity index (χ1) is 8.24. The number of nitrogens with zero attached hydrogens (tertiary/aromatic N) is 1. The molecule has 0 N–H and O–H groups in total. The van der Waals surface area contributed by atoms with E-state index < -0.39 is 0 Å². The minimum absolute atomic E-state index is 1.09. The van der Waals surface area contributed by atoms with Gasteiger partial charge in [-0.15, -0.1) is 0 Å². The Hall–Kier alpha value is -0.820. The zero-order valence-electron chi connectivity index (χ0n) is 11.8. The molecule has 0 aliphatic carbocycles. The Labute approximate surface area is 108 Å². The van der Waals surface area contributed by atoms with Gasteiger partial charge < -0.3 is 4.90 Å². The molecule has 0 aliphatic heterocycles. The van der Waals surface area contributed by atoms with Crippen molar-refractivity contribution in [3.8, 4) is 0 Å². The maximum Gasteiger partial charge on any atom is -0.00156 e. The van der Waals surface area contributed by atoms with E-state index in [1.807, 2.05) is 6.08 Å². The van der Waals surface area contributed by atoms with Crippen LogP contribution in [-0.2, 0) is 0 Å². The van der Waals surface area contributed by atoms with Crippen LogP contribution in [0.5, 0.6) is 0 Å². The molecule has 0 heterocycles. The number of hydrogen-bond donors (Lipinski definition) is 0. The summed E-state index contributed by atoms with van der Waals surface area (Å²) in [5.74, 6) is 0. The lowest BCUT2D eigenvalue weighted by molar-refractivity contribution is 0.267. The van der Waals surface area contributed by atoms with Crippen molar-refractivity contribution < 1.29 is 0 Å². The van der Waals surface area contributed by atoms with Crippen LogP contribution in [0.1, 0.15) is 46.0 Å². The molecule has 0 aromatic rings. The first kappa shape index (κ1) is 16.2. The normalized spacial score (nSPS) is 11.2. The average Bonchev–Trinajstić information content (AvgIpc) is 2.33. The molecule has 17 heavy (non-hydrogen) atoms. The maximum atomic E-state index is 4.04. The number of unbranched alkanes of at least 4 members (excludes halogenated alkanes) is 1. The Kier molecular flexibility index (Phi) is 11.1. The average molecular weight is 235 g/mol. The van der Waals surface area contributed by atoms with E-state index in [2.05, 4.69) is 38.0 Å². The summed E-state index contributed by atoms with van der Waals surface area (Å²) >= 11 is 0. The summed E-state index contributed by atoms with van der Waals surface area (Å²) < 4.78 is 0. The van der Waals surface area contributed by atoms with Gasteiger partial charge in [-0.05, 0) is 45.3 Å². The van der Waals surface area contributed by atoms with Crippen molar-refractivity contribution in [2.75, 3.05) is 19.6 Å². The Balaban J connectivity index is 3.75. The van der Waals surface area contributed by atoms with Gasteiger partial charge in [0.2, 0.25) is 0 Å². The fourth-order valence-electron chi connectivity index (χ4n) is 1.85.